The summed E-state index contributed by atoms with van der Waals surface area (Å²) in [4.78, 5) is 9.72. The lowest BCUT2D eigenvalue weighted by molar-refractivity contribution is 0.0770. The van der Waals surface area contributed by atoms with Gasteiger partial charge in [0, 0.05) is 13.1 Å². The normalized spacial score (nSPS) is 16.1. The average molecular weight is 260 g/mol. The predicted octanol–water partition coefficient (Wildman–Crippen LogP) is 0.539. The highest BCUT2D eigenvalue weighted by Crippen LogP contribution is 2.22. The number of morpholine rings is 1. The minimum Gasteiger partial charge on any atom is -0.457 e. The summed E-state index contributed by atoms with van der Waals surface area (Å²) >= 11 is 0. The fraction of sp³-hybridized carbons (Fsp3) is 0.600. The lowest BCUT2D eigenvalue weighted by Gasteiger charge is -2.28. The lowest BCUT2D eigenvalue weighted by Crippen LogP contribution is -2.37. The summed E-state index contributed by atoms with van der Waals surface area (Å²) in [6.07, 6.45) is -1.20. The molecule has 0 radical (unpaired) electrons. The zero-order chi connectivity index (χ0) is 13.0. The van der Waals surface area contributed by atoms with Crippen LogP contribution in [0.4, 0.5) is 20.3 Å². The molecule has 6 nitrogen and oxygen atoms in total. The summed E-state index contributed by atoms with van der Waals surface area (Å²) in [5, 5.41) is 0. The van der Waals surface area contributed by atoms with Gasteiger partial charge in [-0.05, 0) is 0 Å². The fourth-order valence-electron chi connectivity index (χ4n) is 1.60. The van der Waals surface area contributed by atoms with Crippen LogP contribution in [0.3, 0.4) is 0 Å². The molecular formula is C10H14F2N4O2. The molecule has 0 atom stereocenters. The molecule has 1 fully saturated rings. The van der Waals surface area contributed by atoms with Gasteiger partial charge >= 0.3 is 6.01 Å². The van der Waals surface area contributed by atoms with E-state index in [1.165, 1.54) is 6.20 Å². The summed E-state index contributed by atoms with van der Waals surface area (Å²) in [6.45, 7) is 1.73. The Morgan fingerprint density at radius 1 is 1.44 bits per heavy atom. The Balaban J connectivity index is 2.10. The molecule has 2 rings (SSSR count). The van der Waals surface area contributed by atoms with Gasteiger partial charge in [-0.25, -0.2) is 13.8 Å². The van der Waals surface area contributed by atoms with Gasteiger partial charge < -0.3 is 20.1 Å². The number of hydrogen-bond acceptors (Lipinski definition) is 6. The molecule has 2 heterocycles. The van der Waals surface area contributed by atoms with Crippen molar-refractivity contribution in [2.24, 2.45) is 0 Å². The van der Waals surface area contributed by atoms with Gasteiger partial charge in [0.25, 0.3) is 6.43 Å². The standard InChI is InChI=1S/C10H14F2N4O2/c11-8(12)6-18-10-14-5-7(13)9(15-10)16-1-3-17-4-2-16/h5,8H,1-4,6,13H2. The molecule has 0 aliphatic carbocycles. The van der Waals surface area contributed by atoms with E-state index in [-0.39, 0.29) is 6.01 Å². The minimum atomic E-state index is -2.56. The lowest BCUT2D eigenvalue weighted by atomic mass is 10.4. The largest absolute Gasteiger partial charge is 0.457 e. The number of nitrogens with two attached hydrogens (primary N) is 1. The maximum absolute atomic E-state index is 12.0. The van der Waals surface area contributed by atoms with E-state index < -0.39 is 13.0 Å². The van der Waals surface area contributed by atoms with Crippen LogP contribution in [0.5, 0.6) is 6.01 Å². The van der Waals surface area contributed by atoms with Crippen LogP contribution in [-0.2, 0) is 4.74 Å². The molecule has 0 saturated carbocycles. The van der Waals surface area contributed by atoms with Gasteiger partial charge in [0.2, 0.25) is 0 Å². The van der Waals surface area contributed by atoms with Crippen LogP contribution in [0.1, 0.15) is 0 Å². The van der Waals surface area contributed by atoms with Gasteiger partial charge in [0.15, 0.2) is 12.4 Å². The second-order valence-corrected chi connectivity index (χ2v) is 3.73. The second kappa shape index (κ2) is 5.76. The third-order valence-electron chi connectivity index (χ3n) is 2.42. The summed E-state index contributed by atoms with van der Waals surface area (Å²) in [6, 6.07) is -0.0917. The SMILES string of the molecule is Nc1cnc(OCC(F)F)nc1N1CCOCC1. The molecule has 0 unspecified atom stereocenters. The first-order valence-electron chi connectivity index (χ1n) is 5.53. The van der Waals surface area contributed by atoms with Crippen molar-refractivity contribution in [3.8, 4) is 6.01 Å². The van der Waals surface area contributed by atoms with E-state index in [4.69, 9.17) is 15.2 Å². The second-order valence-electron chi connectivity index (χ2n) is 3.73. The number of rotatable bonds is 4. The summed E-state index contributed by atoms with van der Waals surface area (Å²) in [7, 11) is 0. The maximum Gasteiger partial charge on any atom is 0.318 e. The van der Waals surface area contributed by atoms with Crippen molar-refractivity contribution in [1.29, 1.82) is 0 Å². The van der Waals surface area contributed by atoms with E-state index in [0.29, 0.717) is 37.8 Å². The van der Waals surface area contributed by atoms with Gasteiger partial charge in [0.1, 0.15) is 0 Å². The van der Waals surface area contributed by atoms with Crippen LogP contribution in [0.15, 0.2) is 6.20 Å². The summed E-state index contributed by atoms with van der Waals surface area (Å²) in [5.74, 6) is 0.498. The van der Waals surface area contributed by atoms with Crippen LogP contribution >= 0.6 is 0 Å². The first kappa shape index (κ1) is 12.7. The van der Waals surface area contributed by atoms with E-state index in [2.05, 4.69) is 9.97 Å². The molecule has 18 heavy (non-hydrogen) atoms. The summed E-state index contributed by atoms with van der Waals surface area (Å²) in [5.41, 5.74) is 6.16. The number of nitrogen functional groups attached to an aromatic ring is 1. The van der Waals surface area contributed by atoms with Crippen LogP contribution in [0.2, 0.25) is 0 Å². The zero-order valence-electron chi connectivity index (χ0n) is 9.68. The quantitative estimate of drug-likeness (QED) is 0.851. The van der Waals surface area contributed by atoms with Crippen LogP contribution < -0.4 is 15.4 Å². The van der Waals surface area contributed by atoms with Crippen molar-refractivity contribution in [2.45, 2.75) is 6.43 Å². The molecule has 1 aliphatic heterocycles. The Labute approximate surface area is 103 Å². The van der Waals surface area contributed by atoms with Gasteiger partial charge in [-0.1, -0.05) is 0 Å². The van der Waals surface area contributed by atoms with E-state index in [1.54, 1.807) is 0 Å². The average Bonchev–Trinajstić information content (AvgIpc) is 2.38. The molecule has 100 valence electrons. The Morgan fingerprint density at radius 3 is 2.83 bits per heavy atom. The van der Waals surface area contributed by atoms with Gasteiger partial charge in [-0.15, -0.1) is 0 Å². The van der Waals surface area contributed by atoms with Crippen LogP contribution in [-0.4, -0.2) is 49.3 Å². The van der Waals surface area contributed by atoms with Crippen LogP contribution in [0, 0.1) is 0 Å². The van der Waals surface area contributed by atoms with E-state index in [1.807, 2.05) is 4.90 Å². The van der Waals surface area contributed by atoms with Crippen molar-refractivity contribution in [3.63, 3.8) is 0 Å². The van der Waals surface area contributed by atoms with Crippen molar-refractivity contribution in [2.75, 3.05) is 43.5 Å². The number of aromatic nitrogens is 2. The Hall–Kier alpha value is -1.70. The predicted molar refractivity (Wildman–Crippen MR) is 61.0 cm³/mol. The van der Waals surface area contributed by atoms with E-state index >= 15 is 0 Å². The van der Waals surface area contributed by atoms with Crippen LogP contribution in [0.25, 0.3) is 0 Å². The number of anilines is 2. The molecule has 1 saturated heterocycles. The molecule has 0 amide bonds. The Kier molecular flexibility index (Phi) is 4.08. The highest BCUT2D eigenvalue weighted by atomic mass is 19.3. The molecular weight excluding hydrogens is 246 g/mol. The molecule has 8 heteroatoms. The molecule has 0 spiro atoms. The van der Waals surface area contributed by atoms with Gasteiger partial charge in [-0.2, -0.15) is 4.98 Å². The molecule has 0 bridgehead atoms. The number of nitrogens with zero attached hydrogens (tertiary/aromatic N) is 3. The van der Waals surface area contributed by atoms with Gasteiger partial charge in [0.05, 0.1) is 25.1 Å². The Morgan fingerprint density at radius 2 is 2.17 bits per heavy atom. The molecule has 1 aromatic heterocycles. The van der Waals surface area contributed by atoms with E-state index in [9.17, 15) is 8.78 Å². The smallest absolute Gasteiger partial charge is 0.318 e. The van der Waals surface area contributed by atoms with Crippen molar-refractivity contribution in [3.05, 3.63) is 6.20 Å². The monoisotopic (exact) mass is 260 g/mol. The highest BCUT2D eigenvalue weighted by molar-refractivity contribution is 5.61. The zero-order valence-corrected chi connectivity index (χ0v) is 9.68. The minimum absolute atomic E-state index is 0.0917. The third kappa shape index (κ3) is 3.16. The maximum atomic E-state index is 12.0. The van der Waals surface area contributed by atoms with E-state index in [0.717, 1.165) is 0 Å². The number of alkyl halides is 2. The number of halogens is 2. The number of hydrogen-bond donors (Lipinski definition) is 1. The molecule has 2 N–H and O–H groups in total. The van der Waals surface area contributed by atoms with Crippen molar-refractivity contribution in [1.82, 2.24) is 9.97 Å². The third-order valence-corrected chi connectivity index (χ3v) is 2.42. The number of ether oxygens (including phenoxy) is 2. The fourth-order valence-corrected chi connectivity index (χ4v) is 1.60. The first-order valence-corrected chi connectivity index (χ1v) is 5.53. The summed E-state index contributed by atoms with van der Waals surface area (Å²) < 4.78 is 34.0. The molecule has 0 aromatic carbocycles. The van der Waals surface area contributed by atoms with Gasteiger partial charge in [-0.3, -0.25) is 0 Å². The topological polar surface area (TPSA) is 73.5 Å². The highest BCUT2D eigenvalue weighted by Gasteiger charge is 2.17. The Bertz CT molecular complexity index is 399. The van der Waals surface area contributed by atoms with Crippen molar-refractivity contribution < 1.29 is 18.3 Å². The molecule has 1 aliphatic rings. The van der Waals surface area contributed by atoms with Crippen molar-refractivity contribution >= 4 is 11.5 Å². The molecule has 1 aromatic rings. The first-order chi connectivity index (χ1) is 8.66.